The van der Waals surface area contributed by atoms with Gasteiger partial charge in [-0.2, -0.15) is 0 Å². The van der Waals surface area contributed by atoms with Crippen LogP contribution in [0.1, 0.15) is 26.7 Å². The van der Waals surface area contributed by atoms with Crippen LogP contribution >= 0.6 is 0 Å². The standard InChI is InChI=1S/C12H18/c1-8(2)9(3)12-7-10-4-5-11(12)6-10/h4-5,8,10-12H,3,6-7H2,1-2H3. The maximum atomic E-state index is 4.22. The number of hydrogen-bond acceptors (Lipinski definition) is 0. The molecule has 0 N–H and O–H groups in total. The number of allylic oxidation sites excluding steroid dienone is 3. The van der Waals surface area contributed by atoms with Crippen LogP contribution in [0.5, 0.6) is 0 Å². The Morgan fingerprint density at radius 2 is 2.08 bits per heavy atom. The van der Waals surface area contributed by atoms with Gasteiger partial charge in [-0.1, -0.05) is 38.2 Å². The van der Waals surface area contributed by atoms with E-state index in [-0.39, 0.29) is 0 Å². The summed E-state index contributed by atoms with van der Waals surface area (Å²) in [5, 5.41) is 0. The van der Waals surface area contributed by atoms with Gasteiger partial charge in [0.2, 0.25) is 0 Å². The van der Waals surface area contributed by atoms with Gasteiger partial charge >= 0.3 is 0 Å². The molecule has 0 saturated heterocycles. The molecule has 2 bridgehead atoms. The summed E-state index contributed by atoms with van der Waals surface area (Å²) < 4.78 is 0. The molecular weight excluding hydrogens is 144 g/mol. The fourth-order valence-corrected chi connectivity index (χ4v) is 2.64. The van der Waals surface area contributed by atoms with E-state index in [1.807, 2.05) is 0 Å². The second-order valence-corrected chi connectivity index (χ2v) is 4.62. The lowest BCUT2D eigenvalue weighted by Crippen LogP contribution is -2.12. The summed E-state index contributed by atoms with van der Waals surface area (Å²) in [5.74, 6) is 3.20. The van der Waals surface area contributed by atoms with Crippen molar-refractivity contribution in [2.75, 3.05) is 0 Å². The second-order valence-electron chi connectivity index (χ2n) is 4.62. The molecule has 1 saturated carbocycles. The number of rotatable bonds is 2. The van der Waals surface area contributed by atoms with Gasteiger partial charge in [0.05, 0.1) is 0 Å². The third-order valence-corrected chi connectivity index (χ3v) is 3.50. The third-order valence-electron chi connectivity index (χ3n) is 3.50. The molecule has 2 aliphatic carbocycles. The average Bonchev–Trinajstić information content (AvgIpc) is 2.62. The van der Waals surface area contributed by atoms with E-state index >= 15 is 0 Å². The van der Waals surface area contributed by atoms with E-state index in [9.17, 15) is 0 Å². The first-order valence-electron chi connectivity index (χ1n) is 5.05. The normalized spacial score (nSPS) is 38.1. The van der Waals surface area contributed by atoms with Gasteiger partial charge in [0.25, 0.3) is 0 Å². The number of hydrogen-bond donors (Lipinski definition) is 0. The predicted molar refractivity (Wildman–Crippen MR) is 52.8 cm³/mol. The number of fused-ring (bicyclic) bond motifs is 2. The molecule has 2 aliphatic rings. The molecule has 0 aliphatic heterocycles. The zero-order valence-corrected chi connectivity index (χ0v) is 8.09. The van der Waals surface area contributed by atoms with Gasteiger partial charge in [0, 0.05) is 0 Å². The van der Waals surface area contributed by atoms with E-state index in [1.165, 1.54) is 18.4 Å². The van der Waals surface area contributed by atoms with Crippen molar-refractivity contribution in [1.82, 2.24) is 0 Å². The first-order chi connectivity index (χ1) is 5.68. The fraction of sp³-hybridized carbons (Fsp3) is 0.667. The summed E-state index contributed by atoms with van der Waals surface area (Å²) in [5.41, 5.74) is 1.48. The monoisotopic (exact) mass is 162 g/mol. The first-order valence-corrected chi connectivity index (χ1v) is 5.05. The fourth-order valence-electron chi connectivity index (χ4n) is 2.64. The molecule has 2 rings (SSSR count). The highest BCUT2D eigenvalue weighted by Crippen LogP contribution is 2.47. The Balaban J connectivity index is 2.08. The molecular formula is C12H18. The minimum Gasteiger partial charge on any atom is -0.0993 e. The summed E-state index contributed by atoms with van der Waals surface area (Å²) in [6, 6.07) is 0. The van der Waals surface area contributed by atoms with Crippen LogP contribution in [0.2, 0.25) is 0 Å². The van der Waals surface area contributed by atoms with Gasteiger partial charge in [-0.25, -0.2) is 0 Å². The molecule has 12 heavy (non-hydrogen) atoms. The van der Waals surface area contributed by atoms with Crippen LogP contribution in [0.25, 0.3) is 0 Å². The van der Waals surface area contributed by atoms with E-state index in [4.69, 9.17) is 0 Å². The van der Waals surface area contributed by atoms with E-state index < -0.39 is 0 Å². The summed E-state index contributed by atoms with van der Waals surface area (Å²) in [7, 11) is 0. The van der Waals surface area contributed by atoms with Crippen LogP contribution < -0.4 is 0 Å². The molecule has 0 spiro atoms. The zero-order chi connectivity index (χ0) is 8.72. The van der Waals surface area contributed by atoms with E-state index in [0.717, 1.165) is 17.8 Å². The van der Waals surface area contributed by atoms with Crippen molar-refractivity contribution in [2.45, 2.75) is 26.7 Å². The molecule has 0 radical (unpaired) electrons. The summed E-state index contributed by atoms with van der Waals surface area (Å²) in [4.78, 5) is 0. The third kappa shape index (κ3) is 1.14. The highest BCUT2D eigenvalue weighted by Gasteiger charge is 2.37. The van der Waals surface area contributed by atoms with Gasteiger partial charge in [0.1, 0.15) is 0 Å². The Labute approximate surface area is 75.4 Å². The quantitative estimate of drug-likeness (QED) is 0.546. The van der Waals surface area contributed by atoms with Crippen LogP contribution in [0.4, 0.5) is 0 Å². The van der Waals surface area contributed by atoms with E-state index in [2.05, 4.69) is 32.6 Å². The smallest absolute Gasteiger partial charge is 0.0135 e. The van der Waals surface area contributed by atoms with Crippen molar-refractivity contribution in [1.29, 1.82) is 0 Å². The van der Waals surface area contributed by atoms with E-state index in [1.54, 1.807) is 0 Å². The highest BCUT2D eigenvalue weighted by molar-refractivity contribution is 5.19. The van der Waals surface area contributed by atoms with Crippen molar-refractivity contribution in [3.63, 3.8) is 0 Å². The lowest BCUT2D eigenvalue weighted by Gasteiger charge is -2.23. The summed E-state index contributed by atoms with van der Waals surface area (Å²) in [6.07, 6.45) is 7.58. The Hall–Kier alpha value is -0.520. The average molecular weight is 162 g/mol. The summed E-state index contributed by atoms with van der Waals surface area (Å²) >= 11 is 0. The molecule has 0 aromatic rings. The van der Waals surface area contributed by atoms with Gasteiger partial charge in [-0.05, 0) is 36.5 Å². The van der Waals surface area contributed by atoms with Crippen molar-refractivity contribution in [2.24, 2.45) is 23.7 Å². The van der Waals surface area contributed by atoms with Crippen molar-refractivity contribution in [3.05, 3.63) is 24.3 Å². The molecule has 3 unspecified atom stereocenters. The minimum absolute atomic E-state index is 0.669. The van der Waals surface area contributed by atoms with Crippen LogP contribution in [0, 0.1) is 23.7 Å². The molecule has 66 valence electrons. The van der Waals surface area contributed by atoms with Crippen molar-refractivity contribution in [3.8, 4) is 0 Å². The Bertz CT molecular complexity index is 222. The minimum atomic E-state index is 0.669. The van der Waals surface area contributed by atoms with Crippen LogP contribution in [0.15, 0.2) is 24.3 Å². The van der Waals surface area contributed by atoms with E-state index in [0.29, 0.717) is 5.92 Å². The van der Waals surface area contributed by atoms with Crippen LogP contribution in [0.3, 0.4) is 0 Å². The van der Waals surface area contributed by atoms with Crippen LogP contribution in [-0.2, 0) is 0 Å². The van der Waals surface area contributed by atoms with Crippen LogP contribution in [-0.4, -0.2) is 0 Å². The van der Waals surface area contributed by atoms with Crippen molar-refractivity contribution >= 4 is 0 Å². The van der Waals surface area contributed by atoms with Gasteiger partial charge in [-0.15, -0.1) is 0 Å². The molecule has 0 heteroatoms. The first kappa shape index (κ1) is 8.10. The maximum absolute atomic E-state index is 4.22. The molecule has 3 atom stereocenters. The molecule has 0 heterocycles. The predicted octanol–water partition coefficient (Wildman–Crippen LogP) is 3.41. The molecule has 1 fully saturated rings. The molecule has 0 amide bonds. The largest absolute Gasteiger partial charge is 0.0993 e. The molecule has 0 aromatic carbocycles. The lowest BCUT2D eigenvalue weighted by atomic mass is 9.82. The highest BCUT2D eigenvalue weighted by atomic mass is 14.4. The Morgan fingerprint density at radius 1 is 1.33 bits per heavy atom. The Morgan fingerprint density at radius 3 is 2.50 bits per heavy atom. The zero-order valence-electron chi connectivity index (χ0n) is 8.09. The van der Waals surface area contributed by atoms with Gasteiger partial charge in [-0.3, -0.25) is 0 Å². The SMILES string of the molecule is C=C(C(C)C)C1CC2C=CC1C2. The van der Waals surface area contributed by atoms with Crippen molar-refractivity contribution < 1.29 is 0 Å². The summed E-state index contributed by atoms with van der Waals surface area (Å²) in [6.45, 7) is 8.74. The van der Waals surface area contributed by atoms with Gasteiger partial charge < -0.3 is 0 Å². The van der Waals surface area contributed by atoms with Gasteiger partial charge in [0.15, 0.2) is 0 Å². The lowest BCUT2D eigenvalue weighted by molar-refractivity contribution is 0.474. The topological polar surface area (TPSA) is 0 Å². The maximum Gasteiger partial charge on any atom is -0.0135 e. The molecule has 0 aromatic heterocycles. The molecule has 0 nitrogen and oxygen atoms in total. The second kappa shape index (κ2) is 2.76. The Kier molecular flexibility index (Phi) is 1.86.